The van der Waals surface area contributed by atoms with Gasteiger partial charge in [-0.15, -0.1) is 11.3 Å². The van der Waals surface area contributed by atoms with Crippen LogP contribution in [0.25, 0.3) is 0 Å². The van der Waals surface area contributed by atoms with E-state index in [0.717, 1.165) is 18.9 Å². The molecule has 1 heterocycles. The summed E-state index contributed by atoms with van der Waals surface area (Å²) in [4.78, 5) is 6.10. The van der Waals surface area contributed by atoms with Gasteiger partial charge in [0.2, 0.25) is 0 Å². The Balaban J connectivity index is 2.60. The highest BCUT2D eigenvalue weighted by molar-refractivity contribution is 7.11. The second-order valence-electron chi connectivity index (χ2n) is 5.17. The average molecular weight is 254 g/mol. The predicted octanol–water partition coefficient (Wildman–Crippen LogP) is 4.10. The Hall–Kier alpha value is -0.410. The summed E-state index contributed by atoms with van der Waals surface area (Å²) in [6.45, 7) is 12.2. The van der Waals surface area contributed by atoms with Crippen molar-refractivity contribution in [3.8, 4) is 0 Å². The third-order valence-electron chi connectivity index (χ3n) is 2.91. The molecular weight excluding hydrogens is 228 g/mol. The molecule has 1 rings (SSSR count). The van der Waals surface area contributed by atoms with Crippen molar-refractivity contribution in [1.29, 1.82) is 0 Å². The number of nitrogens with one attached hydrogen (secondary N) is 1. The third-order valence-corrected chi connectivity index (χ3v) is 4.31. The summed E-state index contributed by atoms with van der Waals surface area (Å²) in [5, 5.41) is 4.84. The number of aryl methyl sites for hydroxylation is 2. The van der Waals surface area contributed by atoms with E-state index in [0.29, 0.717) is 6.04 Å². The highest BCUT2D eigenvalue weighted by Gasteiger charge is 2.13. The molecule has 1 N–H and O–H groups in total. The normalized spacial score (nSPS) is 13.3. The van der Waals surface area contributed by atoms with E-state index in [1.165, 1.54) is 28.4 Å². The van der Waals surface area contributed by atoms with Crippen molar-refractivity contribution < 1.29 is 0 Å². The van der Waals surface area contributed by atoms with Crippen LogP contribution in [0.3, 0.4) is 0 Å². The molecule has 0 aliphatic heterocycles. The first-order chi connectivity index (χ1) is 8.04. The number of hydrogen-bond acceptors (Lipinski definition) is 3. The van der Waals surface area contributed by atoms with Crippen LogP contribution in [-0.4, -0.2) is 11.5 Å². The molecule has 3 heteroatoms. The fourth-order valence-electron chi connectivity index (χ4n) is 1.84. The van der Waals surface area contributed by atoms with E-state index in [2.05, 4.69) is 39.9 Å². The molecule has 0 aliphatic rings. The maximum Gasteiger partial charge on any atom is 0.0931 e. The molecule has 1 aromatic heterocycles. The second kappa shape index (κ2) is 7.12. The van der Waals surface area contributed by atoms with Gasteiger partial charge in [0, 0.05) is 10.9 Å². The smallest absolute Gasteiger partial charge is 0.0931 e. The van der Waals surface area contributed by atoms with E-state index in [-0.39, 0.29) is 0 Å². The fraction of sp³-hybridized carbons (Fsp3) is 0.786. The van der Waals surface area contributed by atoms with Gasteiger partial charge >= 0.3 is 0 Å². The highest BCUT2D eigenvalue weighted by Crippen LogP contribution is 2.26. The van der Waals surface area contributed by atoms with Crippen LogP contribution in [-0.2, 0) is 6.42 Å². The number of hydrogen-bond donors (Lipinski definition) is 1. The summed E-state index contributed by atoms with van der Waals surface area (Å²) in [5.41, 5.74) is 1.21. The van der Waals surface area contributed by atoms with E-state index < -0.39 is 0 Å². The Morgan fingerprint density at radius 1 is 1.29 bits per heavy atom. The van der Waals surface area contributed by atoms with Gasteiger partial charge < -0.3 is 5.32 Å². The first kappa shape index (κ1) is 14.7. The first-order valence-corrected chi connectivity index (χ1v) is 7.55. The monoisotopic (exact) mass is 254 g/mol. The number of aromatic nitrogens is 1. The van der Waals surface area contributed by atoms with Crippen LogP contribution >= 0.6 is 11.3 Å². The Morgan fingerprint density at radius 2 is 2.00 bits per heavy atom. The predicted molar refractivity (Wildman–Crippen MR) is 76.7 cm³/mol. The Bertz CT molecular complexity index is 331. The van der Waals surface area contributed by atoms with Gasteiger partial charge in [0.15, 0.2) is 0 Å². The maximum absolute atomic E-state index is 4.69. The van der Waals surface area contributed by atoms with Crippen molar-refractivity contribution in [2.75, 3.05) is 6.54 Å². The molecule has 0 amide bonds. The summed E-state index contributed by atoms with van der Waals surface area (Å²) in [6.07, 6.45) is 3.55. The van der Waals surface area contributed by atoms with Gasteiger partial charge in [-0.05, 0) is 45.6 Å². The summed E-state index contributed by atoms with van der Waals surface area (Å²) < 4.78 is 0. The highest BCUT2D eigenvalue weighted by atomic mass is 32.1. The molecule has 2 nitrogen and oxygen atoms in total. The van der Waals surface area contributed by atoms with Crippen molar-refractivity contribution in [3.05, 3.63) is 15.6 Å². The van der Waals surface area contributed by atoms with Gasteiger partial charge in [-0.3, -0.25) is 0 Å². The zero-order valence-corrected chi connectivity index (χ0v) is 12.7. The van der Waals surface area contributed by atoms with E-state index in [9.17, 15) is 0 Å². The van der Waals surface area contributed by atoms with Crippen LogP contribution in [0, 0.1) is 12.8 Å². The topological polar surface area (TPSA) is 24.9 Å². The van der Waals surface area contributed by atoms with Gasteiger partial charge in [-0.1, -0.05) is 20.8 Å². The van der Waals surface area contributed by atoms with Crippen molar-refractivity contribution >= 4 is 11.3 Å². The van der Waals surface area contributed by atoms with Crippen molar-refractivity contribution in [3.63, 3.8) is 0 Å². The van der Waals surface area contributed by atoms with E-state index in [1.54, 1.807) is 0 Å². The molecule has 98 valence electrons. The summed E-state index contributed by atoms with van der Waals surface area (Å²) >= 11 is 1.89. The quantitative estimate of drug-likeness (QED) is 0.792. The van der Waals surface area contributed by atoms with E-state index >= 15 is 0 Å². The van der Waals surface area contributed by atoms with Crippen LogP contribution < -0.4 is 5.32 Å². The van der Waals surface area contributed by atoms with Gasteiger partial charge in [-0.25, -0.2) is 4.98 Å². The minimum absolute atomic E-state index is 0.445. The molecule has 0 saturated heterocycles. The molecule has 0 aromatic carbocycles. The zero-order chi connectivity index (χ0) is 12.8. The van der Waals surface area contributed by atoms with Crippen LogP contribution in [0.15, 0.2) is 0 Å². The van der Waals surface area contributed by atoms with Gasteiger partial charge in [0.25, 0.3) is 0 Å². The van der Waals surface area contributed by atoms with Crippen molar-refractivity contribution in [1.82, 2.24) is 10.3 Å². The largest absolute Gasteiger partial charge is 0.309 e. The molecule has 1 aromatic rings. The molecule has 0 saturated carbocycles. The minimum atomic E-state index is 0.445. The summed E-state index contributed by atoms with van der Waals surface area (Å²) in [7, 11) is 0. The van der Waals surface area contributed by atoms with E-state index in [1.807, 2.05) is 11.3 Å². The molecule has 0 radical (unpaired) electrons. The first-order valence-electron chi connectivity index (χ1n) is 6.74. The lowest BCUT2D eigenvalue weighted by atomic mass is 10.1. The van der Waals surface area contributed by atoms with E-state index in [4.69, 9.17) is 4.98 Å². The van der Waals surface area contributed by atoms with Crippen LogP contribution in [0.4, 0.5) is 0 Å². The molecule has 17 heavy (non-hydrogen) atoms. The Kier molecular flexibility index (Phi) is 6.14. The number of nitrogens with zero attached hydrogens (tertiary/aromatic N) is 1. The molecule has 1 atom stereocenters. The Labute approximate surface area is 110 Å². The van der Waals surface area contributed by atoms with Gasteiger partial charge in [0.05, 0.1) is 10.7 Å². The molecule has 1 unspecified atom stereocenters. The standard InChI is InChI=1S/C14H26N2S/c1-6-9-15-11(4)14-12(5)16-13(17-14)8-7-10(2)3/h10-11,15H,6-9H2,1-5H3. The third kappa shape index (κ3) is 4.76. The van der Waals surface area contributed by atoms with Gasteiger partial charge in [-0.2, -0.15) is 0 Å². The summed E-state index contributed by atoms with van der Waals surface area (Å²) in [5.74, 6) is 0.762. The lowest BCUT2D eigenvalue weighted by Gasteiger charge is -2.11. The van der Waals surface area contributed by atoms with Gasteiger partial charge in [0.1, 0.15) is 0 Å². The van der Waals surface area contributed by atoms with Crippen molar-refractivity contribution in [2.45, 2.75) is 59.9 Å². The fourth-order valence-corrected chi connectivity index (χ4v) is 2.95. The second-order valence-corrected chi connectivity index (χ2v) is 6.28. The van der Waals surface area contributed by atoms with Crippen molar-refractivity contribution in [2.24, 2.45) is 5.92 Å². The molecule has 0 fully saturated rings. The number of rotatable bonds is 7. The summed E-state index contributed by atoms with van der Waals surface area (Å²) in [6, 6.07) is 0.445. The lowest BCUT2D eigenvalue weighted by Crippen LogP contribution is -2.18. The maximum atomic E-state index is 4.69. The SMILES string of the molecule is CCCNC(C)c1sc(CCC(C)C)nc1C. The molecule has 0 bridgehead atoms. The van der Waals surface area contributed by atoms with Crippen LogP contribution in [0.2, 0.25) is 0 Å². The number of thiazole rings is 1. The minimum Gasteiger partial charge on any atom is -0.309 e. The average Bonchev–Trinajstić information content (AvgIpc) is 2.65. The molecule has 0 aliphatic carbocycles. The Morgan fingerprint density at radius 3 is 2.59 bits per heavy atom. The zero-order valence-electron chi connectivity index (χ0n) is 11.8. The van der Waals surface area contributed by atoms with Crippen LogP contribution in [0.5, 0.6) is 0 Å². The molecular formula is C14H26N2S. The molecule has 0 spiro atoms. The lowest BCUT2D eigenvalue weighted by molar-refractivity contribution is 0.575. The van der Waals surface area contributed by atoms with Crippen LogP contribution in [0.1, 0.15) is 62.2 Å².